The molecule has 2 saturated carbocycles. The highest BCUT2D eigenvalue weighted by molar-refractivity contribution is 5.75. The van der Waals surface area contributed by atoms with E-state index in [0.717, 1.165) is 57.3 Å². The van der Waals surface area contributed by atoms with Gasteiger partial charge in [-0.25, -0.2) is 0 Å². The standard InChI is InChI=1S/C18H32O3/c1-3-4-6-14-9-11-18(12-10-14,17(19)20)15-7-5-8-16(13-15)21-2/h14-16H,3-13H2,1-2H3,(H,19,20). The van der Waals surface area contributed by atoms with Gasteiger partial charge in [0.25, 0.3) is 0 Å². The van der Waals surface area contributed by atoms with Crippen LogP contribution in [0.2, 0.25) is 0 Å². The van der Waals surface area contributed by atoms with Gasteiger partial charge in [0, 0.05) is 7.11 Å². The van der Waals surface area contributed by atoms with Gasteiger partial charge in [0.2, 0.25) is 0 Å². The number of carbonyl (C=O) groups is 1. The quantitative estimate of drug-likeness (QED) is 0.776. The SMILES string of the molecule is CCCCC1CCC(C(=O)O)(C2CCCC(OC)C2)CC1. The molecule has 122 valence electrons. The van der Waals surface area contributed by atoms with Crippen molar-refractivity contribution < 1.29 is 14.6 Å². The number of carboxylic acids is 1. The molecule has 2 unspecified atom stereocenters. The maximum atomic E-state index is 12.1. The van der Waals surface area contributed by atoms with E-state index in [1.807, 2.05) is 0 Å². The Morgan fingerprint density at radius 1 is 1.24 bits per heavy atom. The van der Waals surface area contributed by atoms with Crippen molar-refractivity contribution in [3.63, 3.8) is 0 Å². The lowest BCUT2D eigenvalue weighted by Crippen LogP contribution is -2.44. The predicted molar refractivity (Wildman–Crippen MR) is 84.3 cm³/mol. The maximum absolute atomic E-state index is 12.1. The van der Waals surface area contributed by atoms with Crippen molar-refractivity contribution in [1.82, 2.24) is 0 Å². The summed E-state index contributed by atoms with van der Waals surface area (Å²) >= 11 is 0. The third-order valence-electron chi connectivity index (χ3n) is 6.13. The first kappa shape index (κ1) is 16.8. The molecule has 0 radical (unpaired) electrons. The molecule has 0 amide bonds. The molecule has 0 aromatic carbocycles. The number of ether oxygens (including phenoxy) is 1. The Kier molecular flexibility index (Phi) is 6.09. The van der Waals surface area contributed by atoms with Crippen LogP contribution in [0.4, 0.5) is 0 Å². The lowest BCUT2D eigenvalue weighted by molar-refractivity contribution is -0.159. The van der Waals surface area contributed by atoms with Gasteiger partial charge in [-0.1, -0.05) is 32.6 Å². The predicted octanol–water partition coefficient (Wildman–Crippen LogP) is 4.64. The van der Waals surface area contributed by atoms with Crippen LogP contribution < -0.4 is 0 Å². The van der Waals surface area contributed by atoms with Crippen LogP contribution in [0, 0.1) is 17.3 Å². The molecule has 2 fully saturated rings. The van der Waals surface area contributed by atoms with E-state index >= 15 is 0 Å². The molecule has 0 saturated heterocycles. The van der Waals surface area contributed by atoms with E-state index < -0.39 is 11.4 Å². The molecule has 0 heterocycles. The van der Waals surface area contributed by atoms with Crippen LogP contribution in [-0.2, 0) is 9.53 Å². The number of methoxy groups -OCH3 is 1. The summed E-state index contributed by atoms with van der Waals surface area (Å²) in [6.45, 7) is 2.23. The number of hydrogen-bond donors (Lipinski definition) is 1. The lowest BCUT2D eigenvalue weighted by atomic mass is 9.59. The number of rotatable bonds is 6. The van der Waals surface area contributed by atoms with Crippen LogP contribution in [0.5, 0.6) is 0 Å². The van der Waals surface area contributed by atoms with Crippen molar-refractivity contribution >= 4 is 5.97 Å². The highest BCUT2D eigenvalue weighted by Gasteiger charge is 2.48. The molecule has 2 rings (SSSR count). The van der Waals surface area contributed by atoms with Crippen LogP contribution in [0.3, 0.4) is 0 Å². The fraction of sp³-hybridized carbons (Fsp3) is 0.944. The van der Waals surface area contributed by atoms with Gasteiger partial charge in [0.15, 0.2) is 0 Å². The fourth-order valence-corrected chi connectivity index (χ4v) is 4.63. The van der Waals surface area contributed by atoms with E-state index in [9.17, 15) is 9.90 Å². The molecule has 1 N–H and O–H groups in total. The molecule has 3 heteroatoms. The Morgan fingerprint density at radius 3 is 2.52 bits per heavy atom. The van der Waals surface area contributed by atoms with Gasteiger partial charge in [-0.05, 0) is 56.8 Å². The van der Waals surface area contributed by atoms with Crippen molar-refractivity contribution in [2.45, 2.75) is 83.7 Å². The monoisotopic (exact) mass is 296 g/mol. The first-order valence-electron chi connectivity index (χ1n) is 8.88. The van der Waals surface area contributed by atoms with Gasteiger partial charge in [0.1, 0.15) is 0 Å². The van der Waals surface area contributed by atoms with Crippen molar-refractivity contribution in [2.75, 3.05) is 7.11 Å². The van der Waals surface area contributed by atoms with E-state index in [2.05, 4.69) is 6.92 Å². The minimum absolute atomic E-state index is 0.276. The summed E-state index contributed by atoms with van der Waals surface area (Å²) in [7, 11) is 1.77. The maximum Gasteiger partial charge on any atom is 0.309 e. The van der Waals surface area contributed by atoms with E-state index in [0.29, 0.717) is 5.92 Å². The van der Waals surface area contributed by atoms with Gasteiger partial charge >= 0.3 is 5.97 Å². The first-order valence-corrected chi connectivity index (χ1v) is 8.88. The van der Waals surface area contributed by atoms with Crippen molar-refractivity contribution in [1.29, 1.82) is 0 Å². The summed E-state index contributed by atoms with van der Waals surface area (Å²) in [5.74, 6) is 0.540. The van der Waals surface area contributed by atoms with Crippen molar-refractivity contribution in [3.8, 4) is 0 Å². The van der Waals surface area contributed by atoms with E-state index in [1.165, 1.54) is 19.3 Å². The van der Waals surface area contributed by atoms with E-state index in [4.69, 9.17) is 4.74 Å². The summed E-state index contributed by atoms with van der Waals surface area (Å²) in [4.78, 5) is 12.1. The average molecular weight is 296 g/mol. The molecule has 0 aromatic rings. The lowest BCUT2D eigenvalue weighted by Gasteiger charge is -2.45. The highest BCUT2D eigenvalue weighted by Crippen LogP contribution is 2.50. The smallest absolute Gasteiger partial charge is 0.309 e. The van der Waals surface area contributed by atoms with E-state index in [1.54, 1.807) is 7.11 Å². The Balaban J connectivity index is 2.00. The molecule has 0 aliphatic heterocycles. The van der Waals surface area contributed by atoms with Crippen LogP contribution in [0.1, 0.15) is 77.6 Å². The Labute approximate surface area is 129 Å². The second-order valence-electron chi connectivity index (χ2n) is 7.27. The largest absolute Gasteiger partial charge is 0.481 e. The first-order chi connectivity index (χ1) is 10.1. The Hall–Kier alpha value is -0.570. The minimum Gasteiger partial charge on any atom is -0.481 e. The molecule has 0 aromatic heterocycles. The van der Waals surface area contributed by atoms with Gasteiger partial charge in [-0.15, -0.1) is 0 Å². The van der Waals surface area contributed by atoms with Crippen LogP contribution >= 0.6 is 0 Å². The molecule has 2 aliphatic rings. The van der Waals surface area contributed by atoms with Crippen molar-refractivity contribution in [2.24, 2.45) is 17.3 Å². The molecule has 0 spiro atoms. The fourth-order valence-electron chi connectivity index (χ4n) is 4.63. The van der Waals surface area contributed by atoms with Crippen molar-refractivity contribution in [3.05, 3.63) is 0 Å². The number of aliphatic carboxylic acids is 1. The zero-order chi connectivity index (χ0) is 15.3. The molecule has 3 nitrogen and oxygen atoms in total. The van der Waals surface area contributed by atoms with Gasteiger partial charge in [0.05, 0.1) is 11.5 Å². The molecule has 21 heavy (non-hydrogen) atoms. The zero-order valence-electron chi connectivity index (χ0n) is 13.8. The summed E-state index contributed by atoms with van der Waals surface area (Å²) in [5, 5.41) is 9.92. The minimum atomic E-state index is -0.543. The second kappa shape index (κ2) is 7.62. The summed E-state index contributed by atoms with van der Waals surface area (Å²) in [5.41, 5.74) is -0.458. The second-order valence-corrected chi connectivity index (χ2v) is 7.27. The zero-order valence-corrected chi connectivity index (χ0v) is 13.8. The van der Waals surface area contributed by atoms with Crippen LogP contribution in [-0.4, -0.2) is 24.3 Å². The number of unbranched alkanes of at least 4 members (excludes halogenated alkanes) is 1. The molecular formula is C18H32O3. The Bertz CT molecular complexity index is 331. The third kappa shape index (κ3) is 3.80. The molecule has 0 bridgehead atoms. The Morgan fingerprint density at radius 2 is 1.95 bits per heavy atom. The van der Waals surface area contributed by atoms with Gasteiger partial charge in [-0.3, -0.25) is 4.79 Å². The molecule has 2 atom stereocenters. The van der Waals surface area contributed by atoms with Gasteiger partial charge < -0.3 is 9.84 Å². The number of hydrogen-bond acceptors (Lipinski definition) is 2. The third-order valence-corrected chi connectivity index (χ3v) is 6.13. The highest BCUT2D eigenvalue weighted by atomic mass is 16.5. The van der Waals surface area contributed by atoms with E-state index in [-0.39, 0.29) is 6.10 Å². The van der Waals surface area contributed by atoms with Crippen LogP contribution in [0.15, 0.2) is 0 Å². The number of carboxylic acid groups (broad SMARTS) is 1. The summed E-state index contributed by atoms with van der Waals surface area (Å²) in [6.07, 6.45) is 12.3. The normalized spacial score (nSPS) is 37.3. The summed E-state index contributed by atoms with van der Waals surface area (Å²) < 4.78 is 5.52. The summed E-state index contributed by atoms with van der Waals surface area (Å²) in [6, 6.07) is 0. The van der Waals surface area contributed by atoms with Gasteiger partial charge in [-0.2, -0.15) is 0 Å². The topological polar surface area (TPSA) is 46.5 Å². The average Bonchev–Trinajstić information content (AvgIpc) is 2.53. The molecular weight excluding hydrogens is 264 g/mol. The van der Waals surface area contributed by atoms with Crippen LogP contribution in [0.25, 0.3) is 0 Å². The molecule has 2 aliphatic carbocycles.